The van der Waals surface area contributed by atoms with Crippen molar-refractivity contribution in [3.05, 3.63) is 70.2 Å². The summed E-state index contributed by atoms with van der Waals surface area (Å²) in [6.45, 7) is 1.78. The van der Waals surface area contributed by atoms with Gasteiger partial charge in [-0.15, -0.1) is 0 Å². The van der Waals surface area contributed by atoms with Crippen LogP contribution in [0.2, 0.25) is 5.02 Å². The molecule has 3 aliphatic rings. The van der Waals surface area contributed by atoms with E-state index in [-0.39, 0.29) is 5.92 Å². The molecular weight excluding hydrogens is 390 g/mol. The molecule has 1 aliphatic heterocycles. The molecule has 0 aromatic heterocycles. The Hall–Kier alpha value is -1.80. The summed E-state index contributed by atoms with van der Waals surface area (Å²) in [5, 5.41) is 0.918. The minimum atomic E-state index is 0.162. The Balaban J connectivity index is 1.18. The lowest BCUT2D eigenvalue weighted by Crippen LogP contribution is -2.39. The molecular formula is C27H32ClNO. The lowest BCUT2D eigenvalue weighted by molar-refractivity contribution is -0.133. The maximum Gasteiger partial charge on any atom is 0.226 e. The normalized spacial score (nSPS) is 25.3. The van der Waals surface area contributed by atoms with Gasteiger partial charge in [-0.1, -0.05) is 73.3 Å². The largest absolute Gasteiger partial charge is 0.342 e. The van der Waals surface area contributed by atoms with Crippen LogP contribution >= 0.6 is 11.6 Å². The van der Waals surface area contributed by atoms with E-state index in [1.807, 2.05) is 0 Å². The molecule has 1 heterocycles. The van der Waals surface area contributed by atoms with Crippen molar-refractivity contribution in [1.29, 1.82) is 0 Å². The number of carbonyl (C=O) groups excluding carboxylic acids is 1. The predicted molar refractivity (Wildman–Crippen MR) is 123 cm³/mol. The molecule has 2 atom stereocenters. The number of halogens is 1. The minimum Gasteiger partial charge on any atom is -0.342 e. The summed E-state index contributed by atoms with van der Waals surface area (Å²) in [6.07, 6.45) is 9.68. The molecule has 0 radical (unpaired) electrons. The van der Waals surface area contributed by atoms with Gasteiger partial charge in [-0.05, 0) is 72.6 Å². The summed E-state index contributed by atoms with van der Waals surface area (Å²) in [5.74, 6) is 2.11. The molecule has 2 aliphatic carbocycles. The zero-order chi connectivity index (χ0) is 20.5. The topological polar surface area (TPSA) is 20.3 Å². The van der Waals surface area contributed by atoms with E-state index in [0.717, 1.165) is 37.4 Å². The number of carbonyl (C=O) groups is 1. The van der Waals surface area contributed by atoms with Crippen LogP contribution in [0.4, 0.5) is 0 Å². The molecule has 30 heavy (non-hydrogen) atoms. The van der Waals surface area contributed by atoms with Crippen LogP contribution in [0.3, 0.4) is 0 Å². The predicted octanol–water partition coefficient (Wildman–Crippen LogP) is 6.90. The van der Waals surface area contributed by atoms with Gasteiger partial charge in [0, 0.05) is 24.0 Å². The van der Waals surface area contributed by atoms with Crippen LogP contribution in [0.25, 0.3) is 0 Å². The summed E-state index contributed by atoms with van der Waals surface area (Å²) in [5.41, 5.74) is 4.00. The van der Waals surface area contributed by atoms with E-state index < -0.39 is 0 Å². The smallest absolute Gasteiger partial charge is 0.226 e. The molecule has 2 saturated carbocycles. The molecule has 2 aromatic rings. The molecule has 3 fully saturated rings. The van der Waals surface area contributed by atoms with Gasteiger partial charge < -0.3 is 4.90 Å². The second-order valence-corrected chi connectivity index (χ2v) is 9.98. The first-order valence-electron chi connectivity index (χ1n) is 11.8. The molecule has 0 bridgehead atoms. The van der Waals surface area contributed by atoms with Gasteiger partial charge in [-0.25, -0.2) is 0 Å². The summed E-state index contributed by atoms with van der Waals surface area (Å²) in [4.78, 5) is 15.2. The third kappa shape index (κ3) is 4.17. The Bertz CT molecular complexity index is 881. The van der Waals surface area contributed by atoms with E-state index in [1.54, 1.807) is 0 Å². The van der Waals surface area contributed by atoms with Gasteiger partial charge in [0.05, 0.1) is 0 Å². The summed E-state index contributed by atoms with van der Waals surface area (Å²) < 4.78 is 0. The number of rotatable bonds is 4. The lowest BCUT2D eigenvalue weighted by atomic mass is 9.83. The number of amides is 1. The van der Waals surface area contributed by atoms with E-state index in [2.05, 4.69) is 53.4 Å². The highest BCUT2D eigenvalue weighted by Gasteiger charge is 2.46. The SMILES string of the molecule is O=C(C1CC1c1ccc(C2CCCCC2)c(Cl)c1)N1CCC(c2ccccc2)CC1. The highest BCUT2D eigenvalue weighted by molar-refractivity contribution is 6.31. The number of likely N-dealkylation sites (tertiary alicyclic amines) is 1. The molecule has 5 rings (SSSR count). The highest BCUT2D eigenvalue weighted by Crippen LogP contribution is 2.50. The van der Waals surface area contributed by atoms with E-state index in [0.29, 0.717) is 23.7 Å². The van der Waals surface area contributed by atoms with Crippen LogP contribution in [0, 0.1) is 5.92 Å². The Morgan fingerprint density at radius 1 is 0.833 bits per heavy atom. The first-order valence-corrected chi connectivity index (χ1v) is 12.2. The van der Waals surface area contributed by atoms with E-state index in [4.69, 9.17) is 11.6 Å². The summed E-state index contributed by atoms with van der Waals surface area (Å²) >= 11 is 6.69. The van der Waals surface area contributed by atoms with Crippen LogP contribution in [0.15, 0.2) is 48.5 Å². The van der Waals surface area contributed by atoms with Crippen LogP contribution in [-0.2, 0) is 4.79 Å². The Kier molecular flexibility index (Phi) is 5.87. The number of hydrogen-bond acceptors (Lipinski definition) is 1. The van der Waals surface area contributed by atoms with Crippen molar-refractivity contribution in [1.82, 2.24) is 4.90 Å². The van der Waals surface area contributed by atoms with Crippen molar-refractivity contribution < 1.29 is 4.79 Å². The average molecular weight is 422 g/mol. The molecule has 1 saturated heterocycles. The molecule has 2 nitrogen and oxygen atoms in total. The van der Waals surface area contributed by atoms with Gasteiger partial charge in [-0.3, -0.25) is 4.79 Å². The van der Waals surface area contributed by atoms with Gasteiger partial charge in [0.25, 0.3) is 0 Å². The maximum atomic E-state index is 13.1. The van der Waals surface area contributed by atoms with Crippen molar-refractivity contribution in [3.63, 3.8) is 0 Å². The molecule has 158 valence electrons. The van der Waals surface area contributed by atoms with Crippen LogP contribution in [-0.4, -0.2) is 23.9 Å². The van der Waals surface area contributed by atoms with Crippen LogP contribution < -0.4 is 0 Å². The third-order valence-electron chi connectivity index (χ3n) is 7.68. The molecule has 2 unspecified atom stereocenters. The fourth-order valence-electron chi connectivity index (χ4n) is 5.75. The third-order valence-corrected chi connectivity index (χ3v) is 8.01. The molecule has 3 heteroatoms. The van der Waals surface area contributed by atoms with Crippen molar-refractivity contribution >= 4 is 17.5 Å². The second-order valence-electron chi connectivity index (χ2n) is 9.57. The standard InChI is InChI=1S/C27H32ClNO/c28-26-17-22(11-12-23(26)21-9-5-2-6-10-21)24-18-25(24)27(30)29-15-13-20(14-16-29)19-7-3-1-4-8-19/h1,3-4,7-8,11-12,17,20-21,24-25H,2,5-6,9-10,13-16,18H2. The maximum absolute atomic E-state index is 13.1. The first-order chi connectivity index (χ1) is 14.7. The summed E-state index contributed by atoms with van der Waals surface area (Å²) in [6, 6.07) is 17.4. The van der Waals surface area contributed by atoms with Gasteiger partial charge in [0.1, 0.15) is 0 Å². The minimum absolute atomic E-state index is 0.162. The molecule has 0 N–H and O–H groups in total. The monoisotopic (exact) mass is 421 g/mol. The zero-order valence-corrected chi connectivity index (χ0v) is 18.5. The van der Waals surface area contributed by atoms with E-state index >= 15 is 0 Å². The van der Waals surface area contributed by atoms with Crippen molar-refractivity contribution in [2.24, 2.45) is 5.92 Å². The van der Waals surface area contributed by atoms with E-state index in [9.17, 15) is 4.79 Å². The highest BCUT2D eigenvalue weighted by atomic mass is 35.5. The van der Waals surface area contributed by atoms with Crippen molar-refractivity contribution in [2.45, 2.75) is 69.1 Å². The van der Waals surface area contributed by atoms with Gasteiger partial charge in [0.15, 0.2) is 0 Å². The van der Waals surface area contributed by atoms with Crippen LogP contribution in [0.1, 0.15) is 85.8 Å². The second kappa shape index (κ2) is 8.75. The van der Waals surface area contributed by atoms with Crippen LogP contribution in [0.5, 0.6) is 0 Å². The molecule has 2 aromatic carbocycles. The first kappa shape index (κ1) is 20.1. The number of benzene rings is 2. The molecule has 0 spiro atoms. The van der Waals surface area contributed by atoms with Gasteiger partial charge >= 0.3 is 0 Å². The average Bonchev–Trinajstić information content (AvgIpc) is 3.61. The van der Waals surface area contributed by atoms with Gasteiger partial charge in [0.2, 0.25) is 5.91 Å². The fraction of sp³-hybridized carbons (Fsp3) is 0.519. The Morgan fingerprint density at radius 2 is 1.57 bits per heavy atom. The zero-order valence-electron chi connectivity index (χ0n) is 17.7. The van der Waals surface area contributed by atoms with Gasteiger partial charge in [-0.2, -0.15) is 0 Å². The van der Waals surface area contributed by atoms with Crippen molar-refractivity contribution in [3.8, 4) is 0 Å². The number of piperidine rings is 1. The Labute approximate surface area is 185 Å². The fourth-order valence-corrected chi connectivity index (χ4v) is 6.09. The Morgan fingerprint density at radius 3 is 2.27 bits per heavy atom. The number of hydrogen-bond donors (Lipinski definition) is 0. The quantitative estimate of drug-likeness (QED) is 0.525. The van der Waals surface area contributed by atoms with E-state index in [1.165, 1.54) is 48.8 Å². The summed E-state index contributed by atoms with van der Waals surface area (Å²) in [7, 11) is 0. The molecule has 1 amide bonds. The number of nitrogens with zero attached hydrogens (tertiary/aromatic N) is 1. The lowest BCUT2D eigenvalue weighted by Gasteiger charge is -2.32. The van der Waals surface area contributed by atoms with Crippen molar-refractivity contribution in [2.75, 3.05) is 13.1 Å².